The van der Waals surface area contributed by atoms with Crippen LogP contribution < -0.4 is 0 Å². The second-order valence-electron chi connectivity index (χ2n) is 1.26. The highest BCUT2D eigenvalue weighted by molar-refractivity contribution is 5.75. The fraction of sp³-hybridized carbons (Fsp3) is 0.600. The van der Waals surface area contributed by atoms with Crippen molar-refractivity contribution < 1.29 is 9.59 Å². The predicted octanol–water partition coefficient (Wildman–Crippen LogP) is -0.897. The third kappa shape index (κ3) is 9.12. The van der Waals surface area contributed by atoms with Crippen molar-refractivity contribution in [3.63, 3.8) is 0 Å². The number of hydrogen-bond donors (Lipinski definition) is 0. The molecule has 0 radical (unpaired) electrons. The quantitative estimate of drug-likeness (QED) is 0.282. The molecule has 0 aromatic carbocycles. The lowest BCUT2D eigenvalue weighted by atomic mass is 10.3. The number of rotatable bonds is 4. The van der Waals surface area contributed by atoms with E-state index in [4.69, 9.17) is 0 Å². The van der Waals surface area contributed by atoms with Gasteiger partial charge in [-0.3, -0.25) is 0 Å². The van der Waals surface area contributed by atoms with Crippen LogP contribution in [0.2, 0.25) is 0 Å². The molecule has 0 unspecified atom stereocenters. The largest absolute Gasteiger partial charge is 0.303 e. The summed E-state index contributed by atoms with van der Waals surface area (Å²) in [4.78, 5) is 19.1. The van der Waals surface area contributed by atoms with Crippen LogP contribution in [-0.2, 0) is 9.59 Å². The van der Waals surface area contributed by atoms with Crippen LogP contribution in [0.3, 0.4) is 0 Å². The second kappa shape index (κ2) is 9.75. The van der Waals surface area contributed by atoms with E-state index in [9.17, 15) is 9.59 Å². The molecular formula is C5H12O2Si. The number of carbonyl (C=O) groups is 2. The van der Waals surface area contributed by atoms with Crippen molar-refractivity contribution >= 4 is 23.5 Å². The lowest BCUT2D eigenvalue weighted by Crippen LogP contribution is -1.76. The predicted molar refractivity (Wildman–Crippen MR) is 37.3 cm³/mol. The molecule has 0 rings (SSSR count). The first-order valence-electron chi connectivity index (χ1n) is 2.29. The molecule has 0 heterocycles. The summed E-state index contributed by atoms with van der Waals surface area (Å²) >= 11 is 0. The summed E-state index contributed by atoms with van der Waals surface area (Å²) in [5.74, 6) is 0. The number of hydrogen-bond acceptors (Lipinski definition) is 2. The van der Waals surface area contributed by atoms with E-state index >= 15 is 0 Å². The Balaban J connectivity index is 0. The highest BCUT2D eigenvalue weighted by Gasteiger charge is 1.80. The van der Waals surface area contributed by atoms with Gasteiger partial charge in [-0.05, 0) is 17.4 Å². The minimum atomic E-state index is 0. The molecule has 2 nitrogen and oxygen atoms in total. The van der Waals surface area contributed by atoms with E-state index < -0.39 is 0 Å². The molecule has 3 heteroatoms. The Morgan fingerprint density at radius 2 is 1.38 bits per heavy atom. The Morgan fingerprint density at radius 1 is 1.00 bits per heavy atom. The first-order chi connectivity index (χ1) is 3.41. The van der Waals surface area contributed by atoms with Crippen molar-refractivity contribution in [1.82, 2.24) is 0 Å². The molecular weight excluding hydrogens is 120 g/mol. The zero-order valence-corrected chi connectivity index (χ0v) is 4.09. The third-order valence-corrected chi connectivity index (χ3v) is 0.644. The molecule has 0 atom stereocenters. The van der Waals surface area contributed by atoms with Gasteiger partial charge in [-0.15, -0.1) is 0 Å². The summed E-state index contributed by atoms with van der Waals surface area (Å²) in [6.07, 6.45) is 3.37. The maximum atomic E-state index is 9.56. The highest BCUT2D eigenvalue weighted by Crippen LogP contribution is 1.85. The average Bonchev–Trinajstić information content (AvgIpc) is 1.69. The summed E-state index contributed by atoms with van der Waals surface area (Å²) < 4.78 is 0. The SMILES string of the molecule is O=CCCCC=O.[SiH4]. The van der Waals surface area contributed by atoms with Crippen LogP contribution in [-0.4, -0.2) is 23.5 Å². The van der Waals surface area contributed by atoms with E-state index in [2.05, 4.69) is 0 Å². The van der Waals surface area contributed by atoms with Gasteiger partial charge < -0.3 is 9.59 Å². The molecule has 0 aliphatic rings. The Morgan fingerprint density at radius 3 is 1.62 bits per heavy atom. The fourth-order valence-electron chi connectivity index (χ4n) is 0.285. The lowest BCUT2D eigenvalue weighted by molar-refractivity contribution is -0.108. The van der Waals surface area contributed by atoms with Crippen LogP contribution in [0.5, 0.6) is 0 Å². The van der Waals surface area contributed by atoms with Crippen molar-refractivity contribution in [3.8, 4) is 0 Å². The minimum Gasteiger partial charge on any atom is -0.303 e. The third-order valence-electron chi connectivity index (χ3n) is 0.644. The fourth-order valence-corrected chi connectivity index (χ4v) is 0.285. The molecule has 0 bridgehead atoms. The monoisotopic (exact) mass is 132 g/mol. The minimum absolute atomic E-state index is 0. The normalized spacial score (nSPS) is 7.00. The van der Waals surface area contributed by atoms with E-state index in [1.165, 1.54) is 0 Å². The van der Waals surface area contributed by atoms with Crippen molar-refractivity contribution in [2.75, 3.05) is 0 Å². The summed E-state index contributed by atoms with van der Waals surface area (Å²) in [6, 6.07) is 0. The molecule has 0 spiro atoms. The molecule has 0 saturated heterocycles. The van der Waals surface area contributed by atoms with Gasteiger partial charge in [-0.2, -0.15) is 0 Å². The van der Waals surface area contributed by atoms with Crippen LogP contribution in [0.15, 0.2) is 0 Å². The van der Waals surface area contributed by atoms with Gasteiger partial charge in [-0.25, -0.2) is 0 Å². The van der Waals surface area contributed by atoms with Gasteiger partial charge in [0, 0.05) is 12.8 Å². The second-order valence-corrected chi connectivity index (χ2v) is 1.26. The topological polar surface area (TPSA) is 34.1 Å². The van der Waals surface area contributed by atoms with E-state index in [0.717, 1.165) is 12.6 Å². The summed E-state index contributed by atoms with van der Waals surface area (Å²) in [7, 11) is 0. The molecule has 0 fully saturated rings. The van der Waals surface area contributed by atoms with Crippen molar-refractivity contribution in [2.24, 2.45) is 0 Å². The first-order valence-corrected chi connectivity index (χ1v) is 2.29. The Kier molecular flexibility index (Phi) is 12.8. The Labute approximate surface area is 53.3 Å². The first kappa shape index (κ1) is 10.5. The van der Waals surface area contributed by atoms with Crippen molar-refractivity contribution in [2.45, 2.75) is 19.3 Å². The van der Waals surface area contributed by atoms with E-state index in [-0.39, 0.29) is 11.0 Å². The zero-order valence-electron chi connectivity index (χ0n) is 4.09. The Hall–Kier alpha value is -0.443. The molecule has 0 aromatic rings. The van der Waals surface area contributed by atoms with Crippen LogP contribution in [0, 0.1) is 0 Å². The van der Waals surface area contributed by atoms with E-state index in [1.54, 1.807) is 0 Å². The van der Waals surface area contributed by atoms with Crippen LogP contribution >= 0.6 is 0 Å². The molecule has 0 aromatic heterocycles. The van der Waals surface area contributed by atoms with Gasteiger partial charge in [0.1, 0.15) is 12.6 Å². The smallest absolute Gasteiger partial charge is 0.120 e. The molecule has 0 amide bonds. The van der Waals surface area contributed by atoms with Crippen LogP contribution in [0.25, 0.3) is 0 Å². The number of unbranched alkanes of at least 4 members (excludes halogenated alkanes) is 2. The number of aldehydes is 2. The van der Waals surface area contributed by atoms with Gasteiger partial charge in [0.2, 0.25) is 0 Å². The lowest BCUT2D eigenvalue weighted by Gasteiger charge is -1.78. The molecule has 8 heavy (non-hydrogen) atoms. The van der Waals surface area contributed by atoms with Crippen molar-refractivity contribution in [1.29, 1.82) is 0 Å². The van der Waals surface area contributed by atoms with Gasteiger partial charge in [0.05, 0.1) is 0 Å². The Bertz CT molecular complexity index is 55.4. The summed E-state index contributed by atoms with van der Waals surface area (Å²) in [5.41, 5.74) is 0. The van der Waals surface area contributed by atoms with Gasteiger partial charge in [0.25, 0.3) is 0 Å². The maximum Gasteiger partial charge on any atom is 0.120 e. The molecule has 0 aliphatic heterocycles. The van der Waals surface area contributed by atoms with Crippen molar-refractivity contribution in [3.05, 3.63) is 0 Å². The van der Waals surface area contributed by atoms with Crippen LogP contribution in [0.1, 0.15) is 19.3 Å². The van der Waals surface area contributed by atoms with Gasteiger partial charge >= 0.3 is 0 Å². The summed E-state index contributed by atoms with van der Waals surface area (Å²) in [6.45, 7) is 0. The number of carbonyl (C=O) groups excluding carboxylic acids is 2. The molecule has 0 aliphatic carbocycles. The molecule has 0 N–H and O–H groups in total. The summed E-state index contributed by atoms with van der Waals surface area (Å²) in [5, 5.41) is 0. The van der Waals surface area contributed by atoms with E-state index in [0.29, 0.717) is 19.3 Å². The van der Waals surface area contributed by atoms with Crippen LogP contribution in [0.4, 0.5) is 0 Å². The van der Waals surface area contributed by atoms with E-state index in [1.807, 2.05) is 0 Å². The molecule has 48 valence electrons. The van der Waals surface area contributed by atoms with Gasteiger partial charge in [-0.1, -0.05) is 0 Å². The maximum absolute atomic E-state index is 9.56. The standard InChI is InChI=1S/C5H8O2.H4Si/c6-4-2-1-3-5-7;/h4-5H,1-3H2;1H4. The zero-order chi connectivity index (χ0) is 5.54. The average molecular weight is 132 g/mol. The van der Waals surface area contributed by atoms with Gasteiger partial charge in [0.15, 0.2) is 0 Å². The highest BCUT2D eigenvalue weighted by atomic mass is 28.1. The molecule has 0 saturated carbocycles.